The van der Waals surface area contributed by atoms with Crippen LogP contribution in [0.4, 0.5) is 14.5 Å². The minimum atomic E-state index is -0.669. The van der Waals surface area contributed by atoms with Gasteiger partial charge in [-0.3, -0.25) is 4.79 Å². The van der Waals surface area contributed by atoms with Crippen LogP contribution in [0, 0.1) is 11.6 Å². The molecule has 0 unspecified atom stereocenters. The molecule has 2 N–H and O–H groups in total. The first-order valence-electron chi connectivity index (χ1n) is 6.20. The SMILES string of the molecule is CN1CCCN(c2c(F)cc(CN)cc2F)CC1=O. The van der Waals surface area contributed by atoms with Gasteiger partial charge in [-0.2, -0.15) is 0 Å². The maximum Gasteiger partial charge on any atom is 0.241 e. The molecule has 6 heteroatoms. The van der Waals surface area contributed by atoms with E-state index in [0.717, 1.165) is 0 Å². The lowest BCUT2D eigenvalue weighted by molar-refractivity contribution is -0.127. The maximum atomic E-state index is 14.0. The highest BCUT2D eigenvalue weighted by Gasteiger charge is 2.24. The van der Waals surface area contributed by atoms with E-state index >= 15 is 0 Å². The predicted octanol–water partition coefficient (Wildman–Crippen LogP) is 1.09. The monoisotopic (exact) mass is 269 g/mol. The Balaban J connectivity index is 2.33. The van der Waals surface area contributed by atoms with Crippen molar-refractivity contribution < 1.29 is 13.6 Å². The molecule has 2 rings (SSSR count). The van der Waals surface area contributed by atoms with Gasteiger partial charge in [0.05, 0.1) is 6.54 Å². The highest BCUT2D eigenvalue weighted by Crippen LogP contribution is 2.26. The van der Waals surface area contributed by atoms with E-state index in [0.29, 0.717) is 25.1 Å². The first kappa shape index (κ1) is 13.7. The van der Waals surface area contributed by atoms with Crippen LogP contribution in [0.5, 0.6) is 0 Å². The van der Waals surface area contributed by atoms with Gasteiger partial charge < -0.3 is 15.5 Å². The van der Waals surface area contributed by atoms with Gasteiger partial charge in [-0.15, -0.1) is 0 Å². The molecular formula is C13H17F2N3O. The number of hydrogen-bond donors (Lipinski definition) is 1. The molecule has 104 valence electrons. The molecule has 19 heavy (non-hydrogen) atoms. The molecule has 1 saturated heterocycles. The molecule has 1 aliphatic rings. The first-order chi connectivity index (χ1) is 9.02. The lowest BCUT2D eigenvalue weighted by Crippen LogP contribution is -2.35. The number of carbonyl (C=O) groups is 1. The molecule has 0 atom stereocenters. The van der Waals surface area contributed by atoms with Gasteiger partial charge >= 0.3 is 0 Å². The summed E-state index contributed by atoms with van der Waals surface area (Å²) in [4.78, 5) is 14.8. The molecule has 1 amide bonds. The lowest BCUT2D eigenvalue weighted by atomic mass is 10.1. The first-order valence-corrected chi connectivity index (χ1v) is 6.20. The Labute approximate surface area is 110 Å². The van der Waals surface area contributed by atoms with Crippen LogP contribution < -0.4 is 10.6 Å². The van der Waals surface area contributed by atoms with E-state index < -0.39 is 11.6 Å². The Bertz CT molecular complexity index is 470. The van der Waals surface area contributed by atoms with Crippen LogP contribution in [-0.4, -0.2) is 37.5 Å². The molecule has 0 bridgehead atoms. The molecule has 0 aliphatic carbocycles. The highest BCUT2D eigenvalue weighted by molar-refractivity contribution is 5.81. The number of rotatable bonds is 2. The van der Waals surface area contributed by atoms with Crippen LogP contribution in [-0.2, 0) is 11.3 Å². The third-order valence-corrected chi connectivity index (χ3v) is 3.30. The van der Waals surface area contributed by atoms with Gasteiger partial charge in [0.25, 0.3) is 0 Å². The van der Waals surface area contributed by atoms with Gasteiger partial charge in [-0.05, 0) is 24.1 Å². The number of carbonyl (C=O) groups excluding carboxylic acids is 1. The van der Waals surface area contributed by atoms with E-state index in [4.69, 9.17) is 5.73 Å². The summed E-state index contributed by atoms with van der Waals surface area (Å²) in [6, 6.07) is 2.44. The van der Waals surface area contributed by atoms with Gasteiger partial charge in [0.2, 0.25) is 5.91 Å². The molecule has 1 aliphatic heterocycles. The standard InChI is InChI=1S/C13H17F2N3O/c1-17-3-2-4-18(8-12(17)19)13-10(14)5-9(7-16)6-11(13)15/h5-6H,2-4,7-8,16H2,1H3. The average molecular weight is 269 g/mol. The summed E-state index contributed by atoms with van der Waals surface area (Å²) in [6.45, 7) is 1.12. The number of nitrogens with zero attached hydrogens (tertiary/aromatic N) is 2. The highest BCUT2D eigenvalue weighted by atomic mass is 19.1. The van der Waals surface area contributed by atoms with Crippen molar-refractivity contribution in [1.29, 1.82) is 0 Å². The minimum absolute atomic E-state index is 0.00763. The Hall–Kier alpha value is -1.69. The van der Waals surface area contributed by atoms with Crippen LogP contribution >= 0.6 is 0 Å². The number of anilines is 1. The summed E-state index contributed by atoms with van der Waals surface area (Å²) >= 11 is 0. The summed E-state index contributed by atoms with van der Waals surface area (Å²) in [5.41, 5.74) is 5.64. The molecule has 0 radical (unpaired) electrons. The molecule has 0 aromatic heterocycles. The molecule has 1 heterocycles. The van der Waals surface area contributed by atoms with Crippen LogP contribution in [0.15, 0.2) is 12.1 Å². The number of likely N-dealkylation sites (N-methyl/N-ethyl adjacent to an activating group) is 1. The van der Waals surface area contributed by atoms with Gasteiger partial charge in [0, 0.05) is 26.7 Å². The second-order valence-corrected chi connectivity index (χ2v) is 4.70. The van der Waals surface area contributed by atoms with Gasteiger partial charge in [-0.25, -0.2) is 8.78 Å². The second-order valence-electron chi connectivity index (χ2n) is 4.70. The van der Waals surface area contributed by atoms with E-state index in [1.807, 2.05) is 0 Å². The number of nitrogens with two attached hydrogens (primary N) is 1. The average Bonchev–Trinajstić information content (AvgIpc) is 2.51. The summed E-state index contributed by atoms with van der Waals surface area (Å²) in [5.74, 6) is -1.48. The summed E-state index contributed by atoms with van der Waals surface area (Å²) in [7, 11) is 1.69. The van der Waals surface area contributed by atoms with Gasteiger partial charge in [0.1, 0.15) is 17.3 Å². The molecular weight excluding hydrogens is 252 g/mol. The fraction of sp³-hybridized carbons (Fsp3) is 0.462. The number of benzene rings is 1. The molecule has 1 aromatic rings. The van der Waals surface area contributed by atoms with Crippen LogP contribution in [0.2, 0.25) is 0 Å². The van der Waals surface area contributed by atoms with E-state index in [1.165, 1.54) is 17.0 Å². The molecule has 1 aromatic carbocycles. The fourth-order valence-corrected chi connectivity index (χ4v) is 2.22. The van der Waals surface area contributed by atoms with Crippen molar-refractivity contribution >= 4 is 11.6 Å². The molecule has 0 saturated carbocycles. The summed E-state index contributed by atoms with van der Waals surface area (Å²) < 4.78 is 28.0. The summed E-state index contributed by atoms with van der Waals surface area (Å²) in [5, 5.41) is 0. The van der Waals surface area contributed by atoms with Crippen molar-refractivity contribution in [1.82, 2.24) is 4.90 Å². The zero-order valence-electron chi connectivity index (χ0n) is 10.8. The number of halogens is 2. The van der Waals surface area contributed by atoms with Crippen molar-refractivity contribution in [2.45, 2.75) is 13.0 Å². The minimum Gasteiger partial charge on any atom is -0.357 e. The zero-order valence-corrected chi connectivity index (χ0v) is 10.8. The Morgan fingerprint density at radius 1 is 1.26 bits per heavy atom. The zero-order chi connectivity index (χ0) is 14.0. The number of amides is 1. The van der Waals surface area contributed by atoms with Crippen molar-refractivity contribution in [3.05, 3.63) is 29.3 Å². The van der Waals surface area contributed by atoms with Gasteiger partial charge in [-0.1, -0.05) is 0 Å². The van der Waals surface area contributed by atoms with E-state index in [1.54, 1.807) is 11.9 Å². The predicted molar refractivity (Wildman–Crippen MR) is 68.7 cm³/mol. The topological polar surface area (TPSA) is 49.6 Å². The normalized spacial score (nSPS) is 16.7. The smallest absolute Gasteiger partial charge is 0.241 e. The van der Waals surface area contributed by atoms with E-state index in [-0.39, 0.29) is 24.7 Å². The molecule has 4 nitrogen and oxygen atoms in total. The Morgan fingerprint density at radius 3 is 2.47 bits per heavy atom. The van der Waals surface area contributed by atoms with Crippen LogP contribution in [0.25, 0.3) is 0 Å². The van der Waals surface area contributed by atoms with Crippen molar-refractivity contribution in [2.24, 2.45) is 5.73 Å². The molecule has 0 spiro atoms. The van der Waals surface area contributed by atoms with Crippen molar-refractivity contribution in [3.8, 4) is 0 Å². The summed E-state index contributed by atoms with van der Waals surface area (Å²) in [6.07, 6.45) is 0.680. The van der Waals surface area contributed by atoms with E-state index in [2.05, 4.69) is 0 Å². The molecule has 1 fully saturated rings. The van der Waals surface area contributed by atoms with Gasteiger partial charge in [0.15, 0.2) is 0 Å². The number of hydrogen-bond acceptors (Lipinski definition) is 3. The quantitative estimate of drug-likeness (QED) is 0.874. The third-order valence-electron chi connectivity index (χ3n) is 3.30. The van der Waals surface area contributed by atoms with Crippen molar-refractivity contribution in [3.63, 3.8) is 0 Å². The van der Waals surface area contributed by atoms with Crippen LogP contribution in [0.3, 0.4) is 0 Å². The maximum absolute atomic E-state index is 14.0. The van der Waals surface area contributed by atoms with Crippen LogP contribution in [0.1, 0.15) is 12.0 Å². The lowest BCUT2D eigenvalue weighted by Gasteiger charge is -2.23. The van der Waals surface area contributed by atoms with E-state index in [9.17, 15) is 13.6 Å². The largest absolute Gasteiger partial charge is 0.357 e. The van der Waals surface area contributed by atoms with Crippen molar-refractivity contribution in [2.75, 3.05) is 31.6 Å². The second kappa shape index (κ2) is 5.52. The Kier molecular flexibility index (Phi) is 3.99. The fourth-order valence-electron chi connectivity index (χ4n) is 2.22. The third kappa shape index (κ3) is 2.84. The Morgan fingerprint density at radius 2 is 1.89 bits per heavy atom.